The van der Waals surface area contributed by atoms with Crippen LogP contribution < -0.4 is 14.2 Å². The van der Waals surface area contributed by atoms with Crippen molar-refractivity contribution in [2.75, 3.05) is 52.9 Å². The zero-order valence-corrected chi connectivity index (χ0v) is 17.8. The van der Waals surface area contributed by atoms with Gasteiger partial charge in [0.25, 0.3) is 0 Å². The van der Waals surface area contributed by atoms with Gasteiger partial charge in [0.15, 0.2) is 11.5 Å². The Kier molecular flexibility index (Phi) is 11.1. The van der Waals surface area contributed by atoms with Crippen molar-refractivity contribution in [3.05, 3.63) is 17.7 Å². The molecule has 0 fully saturated rings. The first-order valence-corrected chi connectivity index (χ1v) is 9.98. The molecule has 0 aromatic heterocycles. The van der Waals surface area contributed by atoms with E-state index in [0.717, 1.165) is 31.4 Å². The SMILES string of the molecule is CCN(CCCCCBr)CCOC(=O)c1cc(OC)c(OC)c(OC)c1. The molecule has 148 valence electrons. The zero-order valence-electron chi connectivity index (χ0n) is 16.2. The number of nitrogens with zero attached hydrogens (tertiary/aromatic N) is 1. The molecular formula is C19H30BrNO5. The van der Waals surface area contributed by atoms with Crippen molar-refractivity contribution in [3.8, 4) is 17.2 Å². The third-order valence-corrected chi connectivity index (χ3v) is 4.66. The summed E-state index contributed by atoms with van der Waals surface area (Å²) in [4.78, 5) is 14.6. The van der Waals surface area contributed by atoms with Crippen LogP contribution in [0, 0.1) is 0 Å². The third-order valence-electron chi connectivity index (χ3n) is 4.10. The average Bonchev–Trinajstić information content (AvgIpc) is 2.68. The number of likely N-dealkylation sites (N-methyl/N-ethyl adjacent to an activating group) is 1. The van der Waals surface area contributed by atoms with Crippen LogP contribution in [-0.4, -0.2) is 63.8 Å². The Hall–Kier alpha value is -1.47. The second-order valence-corrected chi connectivity index (χ2v) is 6.53. The smallest absolute Gasteiger partial charge is 0.338 e. The number of methoxy groups -OCH3 is 3. The van der Waals surface area contributed by atoms with Gasteiger partial charge in [0.2, 0.25) is 5.75 Å². The van der Waals surface area contributed by atoms with Gasteiger partial charge in [-0.3, -0.25) is 0 Å². The van der Waals surface area contributed by atoms with Crippen molar-refractivity contribution in [1.29, 1.82) is 0 Å². The average molecular weight is 432 g/mol. The van der Waals surface area contributed by atoms with Crippen LogP contribution in [0.1, 0.15) is 36.5 Å². The lowest BCUT2D eigenvalue weighted by Gasteiger charge is -2.20. The zero-order chi connectivity index (χ0) is 19.4. The molecule has 0 aliphatic heterocycles. The number of ether oxygens (including phenoxy) is 4. The number of esters is 1. The Bertz CT molecular complexity index is 528. The standard InChI is InChI=1S/C19H30BrNO5/c1-5-21(10-8-6-7-9-20)11-12-26-19(22)15-13-16(23-2)18(25-4)17(14-15)24-3/h13-14H,5-12H2,1-4H3. The fourth-order valence-corrected chi connectivity index (χ4v) is 2.98. The number of rotatable bonds is 13. The maximum Gasteiger partial charge on any atom is 0.338 e. The molecule has 1 rings (SSSR count). The van der Waals surface area contributed by atoms with E-state index in [1.807, 2.05) is 0 Å². The van der Waals surface area contributed by atoms with Crippen molar-refractivity contribution in [2.45, 2.75) is 26.2 Å². The first-order valence-electron chi connectivity index (χ1n) is 8.86. The topological polar surface area (TPSA) is 57.2 Å². The number of benzene rings is 1. The van der Waals surface area contributed by atoms with Crippen molar-refractivity contribution in [3.63, 3.8) is 0 Å². The molecule has 0 amide bonds. The minimum Gasteiger partial charge on any atom is -0.493 e. The number of carbonyl (C=O) groups is 1. The van der Waals surface area contributed by atoms with Crippen LogP contribution in [-0.2, 0) is 4.74 Å². The molecule has 0 spiro atoms. The van der Waals surface area contributed by atoms with E-state index < -0.39 is 5.97 Å². The first-order chi connectivity index (χ1) is 12.6. The minimum atomic E-state index is -0.403. The van der Waals surface area contributed by atoms with Crippen LogP contribution in [0.3, 0.4) is 0 Å². The Morgan fingerprint density at radius 1 is 1.00 bits per heavy atom. The first kappa shape index (κ1) is 22.6. The second-order valence-electron chi connectivity index (χ2n) is 5.73. The van der Waals surface area contributed by atoms with Gasteiger partial charge in [0.05, 0.1) is 26.9 Å². The van der Waals surface area contributed by atoms with E-state index in [9.17, 15) is 4.79 Å². The molecule has 0 aliphatic rings. The van der Waals surface area contributed by atoms with E-state index in [1.165, 1.54) is 34.2 Å². The van der Waals surface area contributed by atoms with Gasteiger partial charge in [-0.25, -0.2) is 4.79 Å². The quantitative estimate of drug-likeness (QED) is 0.269. The molecule has 7 heteroatoms. The summed E-state index contributed by atoms with van der Waals surface area (Å²) in [7, 11) is 4.55. The normalized spacial score (nSPS) is 10.7. The Morgan fingerprint density at radius 3 is 2.15 bits per heavy atom. The van der Waals surface area contributed by atoms with Crippen LogP contribution >= 0.6 is 15.9 Å². The molecular weight excluding hydrogens is 402 g/mol. The van der Waals surface area contributed by atoms with Gasteiger partial charge >= 0.3 is 5.97 Å². The predicted octanol–water partition coefficient (Wildman–Crippen LogP) is 3.76. The van der Waals surface area contributed by atoms with E-state index in [1.54, 1.807) is 12.1 Å². The lowest BCUT2D eigenvalue weighted by molar-refractivity contribution is 0.0462. The summed E-state index contributed by atoms with van der Waals surface area (Å²) < 4.78 is 21.2. The monoisotopic (exact) mass is 431 g/mol. The van der Waals surface area contributed by atoms with Crippen molar-refractivity contribution >= 4 is 21.9 Å². The summed E-state index contributed by atoms with van der Waals surface area (Å²) >= 11 is 3.45. The number of alkyl halides is 1. The molecule has 1 aromatic carbocycles. The highest BCUT2D eigenvalue weighted by molar-refractivity contribution is 9.09. The van der Waals surface area contributed by atoms with Gasteiger partial charge in [0.1, 0.15) is 6.61 Å². The van der Waals surface area contributed by atoms with E-state index in [2.05, 4.69) is 27.8 Å². The van der Waals surface area contributed by atoms with E-state index in [-0.39, 0.29) is 0 Å². The van der Waals surface area contributed by atoms with E-state index in [4.69, 9.17) is 18.9 Å². The third kappa shape index (κ3) is 7.03. The summed E-state index contributed by atoms with van der Waals surface area (Å²) in [5.74, 6) is 0.910. The molecule has 0 atom stereocenters. The van der Waals surface area contributed by atoms with Gasteiger partial charge in [-0.1, -0.05) is 29.3 Å². The highest BCUT2D eigenvalue weighted by Gasteiger charge is 2.18. The molecule has 0 heterocycles. The molecule has 0 aliphatic carbocycles. The summed E-state index contributed by atoms with van der Waals surface area (Å²) in [6, 6.07) is 3.20. The summed E-state index contributed by atoms with van der Waals surface area (Å²) in [5, 5.41) is 1.05. The van der Waals surface area contributed by atoms with Crippen LogP contribution in [0.15, 0.2) is 12.1 Å². The molecule has 0 saturated carbocycles. The van der Waals surface area contributed by atoms with E-state index in [0.29, 0.717) is 29.4 Å². The van der Waals surface area contributed by atoms with Crippen LogP contribution in [0.2, 0.25) is 0 Å². The second kappa shape index (κ2) is 12.8. The van der Waals surface area contributed by atoms with Crippen LogP contribution in [0.5, 0.6) is 17.2 Å². The number of carbonyl (C=O) groups excluding carboxylic acids is 1. The molecule has 0 radical (unpaired) electrons. The maximum atomic E-state index is 12.4. The van der Waals surface area contributed by atoms with Gasteiger partial charge in [-0.15, -0.1) is 0 Å². The van der Waals surface area contributed by atoms with Gasteiger partial charge in [0, 0.05) is 11.9 Å². The van der Waals surface area contributed by atoms with Crippen LogP contribution in [0.25, 0.3) is 0 Å². The summed E-state index contributed by atoms with van der Waals surface area (Å²) in [6.45, 7) is 5.15. The summed E-state index contributed by atoms with van der Waals surface area (Å²) in [5.41, 5.74) is 0.375. The van der Waals surface area contributed by atoms with Gasteiger partial charge in [-0.2, -0.15) is 0 Å². The number of hydrogen-bond acceptors (Lipinski definition) is 6. The highest BCUT2D eigenvalue weighted by Crippen LogP contribution is 2.38. The Morgan fingerprint density at radius 2 is 1.65 bits per heavy atom. The van der Waals surface area contributed by atoms with Gasteiger partial charge in [-0.05, 0) is 38.1 Å². The van der Waals surface area contributed by atoms with Crippen LogP contribution in [0.4, 0.5) is 0 Å². The van der Waals surface area contributed by atoms with Gasteiger partial charge < -0.3 is 23.8 Å². The van der Waals surface area contributed by atoms with Crippen molar-refractivity contribution in [2.24, 2.45) is 0 Å². The highest BCUT2D eigenvalue weighted by atomic mass is 79.9. The summed E-state index contributed by atoms with van der Waals surface area (Å²) in [6.07, 6.45) is 3.54. The minimum absolute atomic E-state index is 0.349. The molecule has 0 unspecified atom stereocenters. The van der Waals surface area contributed by atoms with E-state index >= 15 is 0 Å². The Balaban J connectivity index is 2.59. The molecule has 0 saturated heterocycles. The van der Waals surface area contributed by atoms with Crippen molar-refractivity contribution in [1.82, 2.24) is 4.90 Å². The molecule has 6 nitrogen and oxygen atoms in total. The molecule has 26 heavy (non-hydrogen) atoms. The number of unbranched alkanes of at least 4 members (excludes halogenated alkanes) is 2. The largest absolute Gasteiger partial charge is 0.493 e. The lowest BCUT2D eigenvalue weighted by Crippen LogP contribution is -2.29. The molecule has 1 aromatic rings. The Labute approximate surface area is 164 Å². The molecule has 0 N–H and O–H groups in total. The lowest BCUT2D eigenvalue weighted by atomic mass is 10.2. The fraction of sp³-hybridized carbons (Fsp3) is 0.632. The number of halogens is 1. The maximum absolute atomic E-state index is 12.4. The van der Waals surface area contributed by atoms with Crippen molar-refractivity contribution < 1.29 is 23.7 Å². The number of hydrogen-bond donors (Lipinski definition) is 0. The fourth-order valence-electron chi connectivity index (χ4n) is 2.58. The molecule has 0 bridgehead atoms. The predicted molar refractivity (Wildman–Crippen MR) is 106 cm³/mol.